The number of rotatable bonds is 4. The molecule has 0 saturated carbocycles. The first-order chi connectivity index (χ1) is 4.22. The molecule has 0 radical (unpaired) electrons. The number of alkyl halides is 1. The Morgan fingerprint density at radius 1 is 1.33 bits per heavy atom. The van der Waals surface area contributed by atoms with Crippen LogP contribution in [0.5, 0.6) is 0 Å². The summed E-state index contributed by atoms with van der Waals surface area (Å²) in [5.41, 5.74) is 0. The largest absolute Gasteiger partial charge is 0.0888 e. The van der Waals surface area contributed by atoms with Crippen molar-refractivity contribution in [3.63, 3.8) is 0 Å². The SMILES string of the molecule is CCCC(Br)C(C)CC. The highest BCUT2D eigenvalue weighted by atomic mass is 79.9. The molecule has 0 saturated heterocycles. The highest BCUT2D eigenvalue weighted by molar-refractivity contribution is 9.09. The molecule has 0 aromatic carbocycles. The average Bonchev–Trinajstić information content (AvgIpc) is 1.87. The van der Waals surface area contributed by atoms with E-state index in [1.807, 2.05) is 0 Å². The molecule has 0 aliphatic rings. The van der Waals surface area contributed by atoms with Gasteiger partial charge in [0.2, 0.25) is 0 Å². The number of hydrogen-bond donors (Lipinski definition) is 0. The Balaban J connectivity index is 3.32. The number of hydrogen-bond acceptors (Lipinski definition) is 0. The van der Waals surface area contributed by atoms with Gasteiger partial charge < -0.3 is 0 Å². The lowest BCUT2D eigenvalue weighted by atomic mass is 10.0. The fraction of sp³-hybridized carbons (Fsp3) is 1.00. The van der Waals surface area contributed by atoms with Crippen molar-refractivity contribution in [1.29, 1.82) is 0 Å². The van der Waals surface area contributed by atoms with Crippen molar-refractivity contribution in [2.75, 3.05) is 0 Å². The topological polar surface area (TPSA) is 0 Å². The van der Waals surface area contributed by atoms with Gasteiger partial charge in [0.05, 0.1) is 0 Å². The van der Waals surface area contributed by atoms with E-state index in [0.29, 0.717) is 0 Å². The molecule has 0 aromatic heterocycles. The molecule has 0 aliphatic heterocycles. The molecule has 0 aliphatic carbocycles. The van der Waals surface area contributed by atoms with Crippen molar-refractivity contribution in [2.45, 2.75) is 44.9 Å². The predicted octanol–water partition coefficient (Wildman–Crippen LogP) is 3.60. The van der Waals surface area contributed by atoms with Crippen molar-refractivity contribution in [3.8, 4) is 0 Å². The Labute approximate surface area is 67.2 Å². The van der Waals surface area contributed by atoms with Crippen LogP contribution in [0.4, 0.5) is 0 Å². The van der Waals surface area contributed by atoms with Gasteiger partial charge in [-0.2, -0.15) is 0 Å². The van der Waals surface area contributed by atoms with E-state index in [1.54, 1.807) is 0 Å². The Bertz CT molecular complexity index is 61.6. The van der Waals surface area contributed by atoms with Gasteiger partial charge in [-0.15, -0.1) is 0 Å². The summed E-state index contributed by atoms with van der Waals surface area (Å²) in [5.74, 6) is 0.838. The average molecular weight is 193 g/mol. The van der Waals surface area contributed by atoms with Crippen molar-refractivity contribution < 1.29 is 0 Å². The van der Waals surface area contributed by atoms with Gasteiger partial charge >= 0.3 is 0 Å². The van der Waals surface area contributed by atoms with Crippen molar-refractivity contribution in [1.82, 2.24) is 0 Å². The first-order valence-corrected chi connectivity index (χ1v) is 4.78. The highest BCUT2D eigenvalue weighted by Crippen LogP contribution is 2.20. The van der Waals surface area contributed by atoms with Crippen LogP contribution in [-0.4, -0.2) is 4.83 Å². The van der Waals surface area contributed by atoms with E-state index in [2.05, 4.69) is 36.7 Å². The smallest absolute Gasteiger partial charge is 0.0171 e. The van der Waals surface area contributed by atoms with E-state index < -0.39 is 0 Å². The summed E-state index contributed by atoms with van der Waals surface area (Å²) >= 11 is 3.66. The van der Waals surface area contributed by atoms with Crippen LogP contribution in [0.3, 0.4) is 0 Å². The summed E-state index contributed by atoms with van der Waals surface area (Å²) in [6.45, 7) is 6.78. The molecule has 0 heterocycles. The lowest BCUT2D eigenvalue weighted by molar-refractivity contribution is 0.514. The molecular formula is C8H17Br. The minimum atomic E-state index is 0.743. The zero-order chi connectivity index (χ0) is 7.28. The molecule has 2 atom stereocenters. The maximum absolute atomic E-state index is 3.66. The third kappa shape index (κ3) is 3.96. The van der Waals surface area contributed by atoms with Crippen LogP contribution >= 0.6 is 15.9 Å². The van der Waals surface area contributed by atoms with Gasteiger partial charge in [0.1, 0.15) is 0 Å². The maximum Gasteiger partial charge on any atom is 0.0171 e. The van der Waals surface area contributed by atoms with E-state index in [0.717, 1.165) is 10.7 Å². The second-order valence-electron chi connectivity index (χ2n) is 2.69. The molecule has 0 spiro atoms. The van der Waals surface area contributed by atoms with E-state index in [9.17, 15) is 0 Å². The summed E-state index contributed by atoms with van der Waals surface area (Å²) in [6, 6.07) is 0. The number of halogens is 1. The molecule has 56 valence electrons. The second kappa shape index (κ2) is 5.28. The van der Waals surface area contributed by atoms with E-state index >= 15 is 0 Å². The van der Waals surface area contributed by atoms with Crippen LogP contribution in [0, 0.1) is 5.92 Å². The van der Waals surface area contributed by atoms with Gasteiger partial charge in [-0.05, 0) is 12.3 Å². The van der Waals surface area contributed by atoms with Crippen LogP contribution in [0.15, 0.2) is 0 Å². The van der Waals surface area contributed by atoms with Crippen molar-refractivity contribution in [3.05, 3.63) is 0 Å². The molecule has 0 nitrogen and oxygen atoms in total. The first kappa shape index (κ1) is 9.48. The van der Waals surface area contributed by atoms with Gasteiger partial charge in [0.15, 0.2) is 0 Å². The fourth-order valence-corrected chi connectivity index (χ4v) is 1.65. The molecule has 0 N–H and O–H groups in total. The molecular weight excluding hydrogens is 176 g/mol. The molecule has 0 amide bonds. The summed E-state index contributed by atoms with van der Waals surface area (Å²) in [4.78, 5) is 0.743. The van der Waals surface area contributed by atoms with Crippen LogP contribution in [-0.2, 0) is 0 Å². The van der Waals surface area contributed by atoms with E-state index in [-0.39, 0.29) is 0 Å². The van der Waals surface area contributed by atoms with Crippen LogP contribution in [0.1, 0.15) is 40.0 Å². The quantitative estimate of drug-likeness (QED) is 0.598. The molecule has 9 heavy (non-hydrogen) atoms. The lowest BCUT2D eigenvalue weighted by Crippen LogP contribution is -2.08. The maximum atomic E-state index is 3.66. The molecule has 0 fully saturated rings. The van der Waals surface area contributed by atoms with Crippen molar-refractivity contribution >= 4 is 15.9 Å². The second-order valence-corrected chi connectivity index (χ2v) is 3.87. The Kier molecular flexibility index (Phi) is 5.56. The minimum absolute atomic E-state index is 0.743. The van der Waals surface area contributed by atoms with Crippen LogP contribution < -0.4 is 0 Å². The van der Waals surface area contributed by atoms with Gasteiger partial charge in [0, 0.05) is 4.83 Å². The highest BCUT2D eigenvalue weighted by Gasteiger charge is 2.09. The van der Waals surface area contributed by atoms with Crippen LogP contribution in [0.25, 0.3) is 0 Å². The predicted molar refractivity (Wildman–Crippen MR) is 47.1 cm³/mol. The molecule has 0 rings (SSSR count). The van der Waals surface area contributed by atoms with Gasteiger partial charge in [-0.25, -0.2) is 0 Å². The van der Waals surface area contributed by atoms with E-state index in [1.165, 1.54) is 19.3 Å². The minimum Gasteiger partial charge on any atom is -0.0888 e. The third-order valence-electron chi connectivity index (χ3n) is 1.83. The molecule has 0 bridgehead atoms. The normalized spacial score (nSPS) is 17.3. The zero-order valence-corrected chi connectivity index (χ0v) is 8.24. The standard InChI is InChI=1S/C8H17Br/c1-4-6-8(9)7(3)5-2/h7-8H,4-6H2,1-3H3. The first-order valence-electron chi connectivity index (χ1n) is 3.86. The van der Waals surface area contributed by atoms with Crippen LogP contribution in [0.2, 0.25) is 0 Å². The van der Waals surface area contributed by atoms with E-state index in [4.69, 9.17) is 0 Å². The summed E-state index contributed by atoms with van der Waals surface area (Å²) in [5, 5.41) is 0. The summed E-state index contributed by atoms with van der Waals surface area (Å²) < 4.78 is 0. The zero-order valence-electron chi connectivity index (χ0n) is 6.65. The Morgan fingerprint density at radius 2 is 1.89 bits per heavy atom. The molecule has 0 aromatic rings. The van der Waals surface area contributed by atoms with Gasteiger partial charge in [0.25, 0.3) is 0 Å². The lowest BCUT2D eigenvalue weighted by Gasteiger charge is -2.14. The third-order valence-corrected chi connectivity index (χ3v) is 3.19. The summed E-state index contributed by atoms with van der Waals surface area (Å²) in [7, 11) is 0. The molecule has 1 heteroatoms. The fourth-order valence-electron chi connectivity index (χ4n) is 0.816. The monoisotopic (exact) mass is 192 g/mol. The Hall–Kier alpha value is 0.480. The molecule has 2 unspecified atom stereocenters. The Morgan fingerprint density at radius 3 is 2.22 bits per heavy atom. The van der Waals surface area contributed by atoms with Gasteiger partial charge in [-0.1, -0.05) is 49.5 Å². The van der Waals surface area contributed by atoms with Gasteiger partial charge in [-0.3, -0.25) is 0 Å². The van der Waals surface area contributed by atoms with Crippen molar-refractivity contribution in [2.24, 2.45) is 5.92 Å². The summed E-state index contributed by atoms with van der Waals surface area (Å²) in [6.07, 6.45) is 3.89.